The van der Waals surface area contributed by atoms with E-state index in [-0.39, 0.29) is 11.4 Å². The minimum Gasteiger partial charge on any atom is -0.507 e. The smallest absolute Gasteiger partial charge is 0.306 e. The molecule has 1 N–H and O–H groups in total. The van der Waals surface area contributed by atoms with Crippen molar-refractivity contribution in [1.82, 2.24) is 0 Å². The standard InChI is InChI=1S/C35H62O3/c1-6-8-9-10-11-12-13-14-15-16-17-18-19-20-21-22-23-24-27-38-33(36)26-25-31-29-32(35(3,4)5)28-30(7-2)34(31)37/h28-29,37H,6-27H2,1-5H3. The van der Waals surface area contributed by atoms with E-state index in [9.17, 15) is 9.90 Å². The van der Waals surface area contributed by atoms with E-state index in [0.717, 1.165) is 30.4 Å². The minimum absolute atomic E-state index is 0.0134. The predicted molar refractivity (Wildman–Crippen MR) is 164 cm³/mol. The van der Waals surface area contributed by atoms with Crippen molar-refractivity contribution < 1.29 is 14.6 Å². The fraction of sp³-hybridized carbons (Fsp3) is 0.800. The Morgan fingerprint density at radius 1 is 0.684 bits per heavy atom. The second-order valence-electron chi connectivity index (χ2n) is 12.5. The molecular formula is C35H62O3. The number of benzene rings is 1. The number of phenols is 1. The van der Waals surface area contributed by atoms with Gasteiger partial charge in [-0.15, -0.1) is 0 Å². The summed E-state index contributed by atoms with van der Waals surface area (Å²) in [6.07, 6.45) is 26.0. The zero-order chi connectivity index (χ0) is 28.1. The number of rotatable bonds is 23. The van der Waals surface area contributed by atoms with Gasteiger partial charge in [0, 0.05) is 6.42 Å². The number of phenolic OH excluding ortho intramolecular Hbond substituents is 1. The molecular weight excluding hydrogens is 468 g/mol. The molecule has 0 aliphatic carbocycles. The molecule has 0 unspecified atom stereocenters. The van der Waals surface area contributed by atoms with Crippen LogP contribution in [0.2, 0.25) is 0 Å². The topological polar surface area (TPSA) is 46.5 Å². The number of unbranched alkanes of at least 4 members (excludes halogenated alkanes) is 17. The molecule has 0 amide bonds. The zero-order valence-corrected chi connectivity index (χ0v) is 26.0. The van der Waals surface area contributed by atoms with Gasteiger partial charge >= 0.3 is 5.97 Å². The lowest BCUT2D eigenvalue weighted by molar-refractivity contribution is -0.143. The Kier molecular flexibility index (Phi) is 19.4. The molecule has 0 aliphatic heterocycles. The molecule has 3 heteroatoms. The molecule has 0 radical (unpaired) electrons. The quantitative estimate of drug-likeness (QED) is 0.113. The van der Waals surface area contributed by atoms with Crippen LogP contribution in [-0.4, -0.2) is 17.7 Å². The van der Waals surface area contributed by atoms with Crippen LogP contribution in [0.4, 0.5) is 0 Å². The van der Waals surface area contributed by atoms with Gasteiger partial charge in [0.15, 0.2) is 0 Å². The lowest BCUT2D eigenvalue weighted by Gasteiger charge is -2.22. The van der Waals surface area contributed by atoms with E-state index in [4.69, 9.17) is 4.74 Å². The van der Waals surface area contributed by atoms with Crippen LogP contribution in [0.3, 0.4) is 0 Å². The summed E-state index contributed by atoms with van der Waals surface area (Å²) >= 11 is 0. The summed E-state index contributed by atoms with van der Waals surface area (Å²) in [7, 11) is 0. The first kappa shape index (κ1) is 34.5. The number of aromatic hydroxyl groups is 1. The average molecular weight is 531 g/mol. The number of ether oxygens (including phenoxy) is 1. The van der Waals surface area contributed by atoms with Crippen LogP contribution in [0.25, 0.3) is 0 Å². The summed E-state index contributed by atoms with van der Waals surface area (Å²) in [5.74, 6) is 0.187. The van der Waals surface area contributed by atoms with Gasteiger partial charge in [-0.1, -0.05) is 156 Å². The number of esters is 1. The highest BCUT2D eigenvalue weighted by molar-refractivity contribution is 5.70. The van der Waals surface area contributed by atoms with E-state index in [2.05, 4.69) is 46.8 Å². The normalized spacial score (nSPS) is 11.7. The van der Waals surface area contributed by atoms with E-state index in [1.54, 1.807) is 0 Å². The van der Waals surface area contributed by atoms with Crippen LogP contribution in [0.1, 0.15) is 173 Å². The van der Waals surface area contributed by atoms with E-state index in [1.807, 2.05) is 0 Å². The Labute approximate surface area is 236 Å². The van der Waals surface area contributed by atoms with Gasteiger partial charge in [-0.25, -0.2) is 0 Å². The maximum atomic E-state index is 12.2. The van der Waals surface area contributed by atoms with Gasteiger partial charge in [0.2, 0.25) is 0 Å². The lowest BCUT2D eigenvalue weighted by atomic mass is 9.84. The molecule has 1 aromatic carbocycles. The van der Waals surface area contributed by atoms with Gasteiger partial charge < -0.3 is 9.84 Å². The molecule has 0 spiro atoms. The molecule has 38 heavy (non-hydrogen) atoms. The van der Waals surface area contributed by atoms with Crippen molar-refractivity contribution in [3.8, 4) is 5.75 Å². The number of hydrogen-bond acceptors (Lipinski definition) is 3. The van der Waals surface area contributed by atoms with Crippen molar-refractivity contribution in [3.05, 3.63) is 28.8 Å². The number of aryl methyl sites for hydroxylation is 2. The first-order valence-electron chi connectivity index (χ1n) is 16.3. The SMILES string of the molecule is CCCCCCCCCCCCCCCCCCCCOC(=O)CCc1cc(C(C)(C)C)cc(CC)c1O. The molecule has 1 rings (SSSR count). The molecule has 0 aliphatic rings. The average Bonchev–Trinajstić information content (AvgIpc) is 2.88. The van der Waals surface area contributed by atoms with Crippen LogP contribution in [0.5, 0.6) is 5.75 Å². The Bertz CT molecular complexity index is 731. The number of hydrogen-bond donors (Lipinski definition) is 1. The number of carbonyl (C=O) groups is 1. The molecule has 0 atom stereocenters. The molecule has 0 fully saturated rings. The molecule has 220 valence electrons. The summed E-state index contributed by atoms with van der Waals surface area (Å²) in [4.78, 5) is 12.2. The van der Waals surface area contributed by atoms with Gasteiger partial charge in [-0.05, 0) is 41.4 Å². The van der Waals surface area contributed by atoms with Crippen LogP contribution in [0, 0.1) is 0 Å². The fourth-order valence-electron chi connectivity index (χ4n) is 5.15. The van der Waals surface area contributed by atoms with E-state index in [1.165, 1.54) is 108 Å². The van der Waals surface area contributed by atoms with Crippen molar-refractivity contribution in [3.63, 3.8) is 0 Å². The van der Waals surface area contributed by atoms with Crippen LogP contribution < -0.4 is 0 Å². The van der Waals surface area contributed by atoms with Gasteiger partial charge in [0.1, 0.15) is 5.75 Å². The Morgan fingerprint density at radius 3 is 1.53 bits per heavy atom. The van der Waals surface area contributed by atoms with Crippen LogP contribution >= 0.6 is 0 Å². The third kappa shape index (κ3) is 16.5. The highest BCUT2D eigenvalue weighted by Gasteiger charge is 2.18. The molecule has 3 nitrogen and oxygen atoms in total. The number of carbonyl (C=O) groups excluding carboxylic acids is 1. The summed E-state index contributed by atoms with van der Waals surface area (Å²) in [6.45, 7) is 11.4. The van der Waals surface area contributed by atoms with Crippen molar-refractivity contribution in [2.24, 2.45) is 0 Å². The van der Waals surface area contributed by atoms with Crippen molar-refractivity contribution >= 4 is 5.97 Å². The Balaban J connectivity index is 1.98. The summed E-state index contributed by atoms with van der Waals surface area (Å²) < 4.78 is 5.47. The largest absolute Gasteiger partial charge is 0.507 e. The first-order valence-corrected chi connectivity index (χ1v) is 16.3. The van der Waals surface area contributed by atoms with Gasteiger partial charge in [0.05, 0.1) is 6.61 Å². The van der Waals surface area contributed by atoms with Crippen molar-refractivity contribution in [2.45, 2.75) is 175 Å². The van der Waals surface area contributed by atoms with Crippen LogP contribution in [-0.2, 0) is 27.8 Å². The van der Waals surface area contributed by atoms with E-state index >= 15 is 0 Å². The fourth-order valence-corrected chi connectivity index (χ4v) is 5.15. The maximum absolute atomic E-state index is 12.2. The molecule has 0 saturated heterocycles. The van der Waals surface area contributed by atoms with Crippen molar-refractivity contribution in [1.29, 1.82) is 0 Å². The molecule has 0 aromatic heterocycles. The van der Waals surface area contributed by atoms with E-state index in [0.29, 0.717) is 25.2 Å². The summed E-state index contributed by atoms with van der Waals surface area (Å²) in [5, 5.41) is 10.6. The van der Waals surface area contributed by atoms with E-state index < -0.39 is 0 Å². The highest BCUT2D eigenvalue weighted by atomic mass is 16.5. The summed E-state index contributed by atoms with van der Waals surface area (Å²) in [6, 6.07) is 4.15. The molecule has 0 heterocycles. The maximum Gasteiger partial charge on any atom is 0.306 e. The summed E-state index contributed by atoms with van der Waals surface area (Å²) in [5.41, 5.74) is 3.04. The second kappa shape index (κ2) is 21.3. The molecule has 0 saturated carbocycles. The van der Waals surface area contributed by atoms with Gasteiger partial charge in [0.25, 0.3) is 0 Å². The third-order valence-corrected chi connectivity index (χ3v) is 7.87. The second-order valence-corrected chi connectivity index (χ2v) is 12.5. The Hall–Kier alpha value is -1.51. The lowest BCUT2D eigenvalue weighted by Crippen LogP contribution is -2.13. The minimum atomic E-state index is -0.157. The monoisotopic (exact) mass is 530 g/mol. The van der Waals surface area contributed by atoms with Gasteiger partial charge in [-0.3, -0.25) is 4.79 Å². The highest BCUT2D eigenvalue weighted by Crippen LogP contribution is 2.32. The van der Waals surface area contributed by atoms with Crippen molar-refractivity contribution in [2.75, 3.05) is 6.61 Å². The molecule has 1 aromatic rings. The third-order valence-electron chi connectivity index (χ3n) is 7.87. The predicted octanol–water partition coefficient (Wildman–Crippen LogP) is 10.8. The van der Waals surface area contributed by atoms with Gasteiger partial charge in [-0.2, -0.15) is 0 Å². The molecule has 0 bridgehead atoms. The first-order chi connectivity index (χ1) is 18.3. The van der Waals surface area contributed by atoms with Crippen LogP contribution in [0.15, 0.2) is 12.1 Å². The Morgan fingerprint density at radius 2 is 1.11 bits per heavy atom. The zero-order valence-electron chi connectivity index (χ0n) is 26.0.